The minimum atomic E-state index is -0.418. The number of amides is 2. The fraction of sp³-hybridized carbons (Fsp3) is 0.167. The maximum atomic E-state index is 13.3. The van der Waals surface area contributed by atoms with Crippen molar-refractivity contribution in [2.24, 2.45) is 0 Å². The second kappa shape index (κ2) is 8.39. The Morgan fingerprint density at radius 1 is 1.00 bits per heavy atom. The van der Waals surface area contributed by atoms with Crippen LogP contribution in [0.5, 0.6) is 17.2 Å². The summed E-state index contributed by atoms with van der Waals surface area (Å²) < 4.78 is 5.79. The predicted molar refractivity (Wildman–Crippen MR) is 114 cm³/mol. The lowest BCUT2D eigenvalue weighted by molar-refractivity contribution is 0.0743. The second-order valence-corrected chi connectivity index (χ2v) is 7.34. The molecule has 158 valence electrons. The molecule has 0 bridgehead atoms. The monoisotopic (exact) mass is 418 g/mol. The lowest BCUT2D eigenvalue weighted by Gasteiger charge is -2.19. The van der Waals surface area contributed by atoms with Gasteiger partial charge in [-0.25, -0.2) is 0 Å². The zero-order valence-electron chi connectivity index (χ0n) is 17.0. The number of aromatic hydroxyl groups is 2. The summed E-state index contributed by atoms with van der Waals surface area (Å²) in [5.41, 5.74) is 3.22. The summed E-state index contributed by atoms with van der Waals surface area (Å²) in [6.07, 6.45) is 0. The van der Waals surface area contributed by atoms with Crippen molar-refractivity contribution in [3.05, 3.63) is 88.5 Å². The number of phenolic OH excluding ortho intramolecular Hbond substituents is 2. The van der Waals surface area contributed by atoms with Crippen molar-refractivity contribution < 1.29 is 24.5 Å². The summed E-state index contributed by atoms with van der Waals surface area (Å²) in [6.45, 7) is 0.831. The number of rotatable bonds is 5. The first-order chi connectivity index (χ1) is 15.0. The normalized spacial score (nSPS) is 12.4. The Bertz CT molecular complexity index is 1140. The molecule has 1 aliphatic rings. The molecule has 3 aromatic rings. The highest BCUT2D eigenvalue weighted by atomic mass is 16.5. The minimum absolute atomic E-state index is 0.00642. The molecule has 0 fully saturated rings. The van der Waals surface area contributed by atoms with Crippen molar-refractivity contribution in [2.45, 2.75) is 19.7 Å². The molecule has 0 radical (unpaired) electrons. The van der Waals surface area contributed by atoms with E-state index in [-0.39, 0.29) is 35.3 Å². The van der Waals surface area contributed by atoms with E-state index in [1.54, 1.807) is 24.1 Å². The van der Waals surface area contributed by atoms with E-state index in [0.29, 0.717) is 18.7 Å². The highest BCUT2D eigenvalue weighted by molar-refractivity contribution is 6.00. The van der Waals surface area contributed by atoms with Crippen molar-refractivity contribution in [2.75, 3.05) is 7.05 Å². The number of hydrogen-bond acceptors (Lipinski definition) is 5. The predicted octanol–water partition coefficient (Wildman–Crippen LogP) is 3.19. The molecule has 0 aromatic heterocycles. The Labute approximate surface area is 179 Å². The van der Waals surface area contributed by atoms with E-state index in [2.05, 4.69) is 5.32 Å². The maximum absolute atomic E-state index is 13.3. The zero-order valence-corrected chi connectivity index (χ0v) is 17.0. The molecule has 7 heteroatoms. The fourth-order valence-electron chi connectivity index (χ4n) is 3.63. The lowest BCUT2D eigenvalue weighted by Crippen LogP contribution is -2.26. The summed E-state index contributed by atoms with van der Waals surface area (Å²) in [7, 11) is 1.57. The molecule has 2 amide bonds. The molecule has 0 saturated carbocycles. The molecule has 0 spiro atoms. The third-order valence-corrected chi connectivity index (χ3v) is 5.22. The standard InChI is InChI=1S/C24H22N2O5/c1-25-23(29)16-7-8-17-12-26(13-18(17)9-16)24(30)22-20(28)10-19(27)11-21(22)31-14-15-5-3-2-4-6-15/h2-11,27-28H,12-14H2,1H3,(H,25,29). The van der Waals surface area contributed by atoms with Crippen molar-refractivity contribution in [3.63, 3.8) is 0 Å². The molecule has 3 aromatic carbocycles. The van der Waals surface area contributed by atoms with E-state index >= 15 is 0 Å². The zero-order chi connectivity index (χ0) is 22.0. The molecule has 7 nitrogen and oxygen atoms in total. The number of carbonyl (C=O) groups excluding carboxylic acids is 2. The summed E-state index contributed by atoms with van der Waals surface area (Å²) in [5.74, 6) is -1.06. The van der Waals surface area contributed by atoms with Gasteiger partial charge >= 0.3 is 0 Å². The van der Waals surface area contributed by atoms with Gasteiger partial charge in [-0.2, -0.15) is 0 Å². The van der Waals surface area contributed by atoms with E-state index in [0.717, 1.165) is 22.8 Å². The van der Waals surface area contributed by atoms with Gasteiger partial charge in [0.25, 0.3) is 11.8 Å². The highest BCUT2D eigenvalue weighted by Crippen LogP contribution is 2.36. The lowest BCUT2D eigenvalue weighted by atomic mass is 10.1. The molecule has 3 N–H and O–H groups in total. The van der Waals surface area contributed by atoms with Crippen molar-refractivity contribution in [3.8, 4) is 17.2 Å². The second-order valence-electron chi connectivity index (χ2n) is 7.34. The topological polar surface area (TPSA) is 99.1 Å². The van der Waals surface area contributed by atoms with Crippen LogP contribution >= 0.6 is 0 Å². The molecular formula is C24H22N2O5. The number of phenols is 2. The van der Waals surface area contributed by atoms with Gasteiger partial charge in [0.05, 0.1) is 0 Å². The molecule has 31 heavy (non-hydrogen) atoms. The van der Waals surface area contributed by atoms with Gasteiger partial charge in [-0.3, -0.25) is 9.59 Å². The first-order valence-corrected chi connectivity index (χ1v) is 9.82. The van der Waals surface area contributed by atoms with E-state index in [9.17, 15) is 19.8 Å². The molecule has 4 rings (SSSR count). The van der Waals surface area contributed by atoms with Gasteiger partial charge in [0, 0.05) is 37.8 Å². The molecule has 0 atom stereocenters. The molecular weight excluding hydrogens is 396 g/mol. The molecule has 0 unspecified atom stereocenters. The Morgan fingerprint density at radius 3 is 2.48 bits per heavy atom. The molecule has 1 aliphatic heterocycles. The van der Waals surface area contributed by atoms with Gasteiger partial charge in [0.15, 0.2) is 0 Å². The third kappa shape index (κ3) is 4.16. The first-order valence-electron chi connectivity index (χ1n) is 9.82. The number of nitrogens with zero attached hydrogens (tertiary/aromatic N) is 1. The van der Waals surface area contributed by atoms with Gasteiger partial charge in [0.1, 0.15) is 29.4 Å². The van der Waals surface area contributed by atoms with Crippen LogP contribution in [0.4, 0.5) is 0 Å². The van der Waals surface area contributed by atoms with Crippen LogP contribution in [0.3, 0.4) is 0 Å². The van der Waals surface area contributed by atoms with Crippen LogP contribution in [0.1, 0.15) is 37.4 Å². The molecule has 0 aliphatic carbocycles. The van der Waals surface area contributed by atoms with Crippen molar-refractivity contribution in [1.29, 1.82) is 0 Å². The third-order valence-electron chi connectivity index (χ3n) is 5.22. The number of carbonyl (C=O) groups is 2. The van der Waals surface area contributed by atoms with Gasteiger partial charge in [-0.05, 0) is 28.8 Å². The average molecular weight is 418 g/mol. The number of ether oxygens (including phenoxy) is 1. The van der Waals surface area contributed by atoms with Crippen LogP contribution in [0.2, 0.25) is 0 Å². The molecule has 1 heterocycles. The van der Waals surface area contributed by atoms with Crippen molar-refractivity contribution >= 4 is 11.8 Å². The largest absolute Gasteiger partial charge is 0.508 e. The number of hydrogen-bond donors (Lipinski definition) is 3. The van der Waals surface area contributed by atoms with Crippen LogP contribution in [0.25, 0.3) is 0 Å². The van der Waals surface area contributed by atoms with Crippen LogP contribution in [-0.4, -0.2) is 34.0 Å². The van der Waals surface area contributed by atoms with E-state index in [4.69, 9.17) is 4.74 Å². The van der Waals surface area contributed by atoms with Gasteiger partial charge in [-0.15, -0.1) is 0 Å². The Hall–Kier alpha value is -4.00. The van der Waals surface area contributed by atoms with E-state index < -0.39 is 5.91 Å². The van der Waals surface area contributed by atoms with Crippen LogP contribution in [0, 0.1) is 0 Å². The number of nitrogens with one attached hydrogen (secondary N) is 1. The summed E-state index contributed by atoms with van der Waals surface area (Å²) in [5, 5.41) is 22.9. The number of benzene rings is 3. The first kappa shape index (κ1) is 20.3. The average Bonchev–Trinajstić information content (AvgIpc) is 3.20. The Kier molecular flexibility index (Phi) is 5.49. The quantitative estimate of drug-likeness (QED) is 0.591. The van der Waals surface area contributed by atoms with Crippen LogP contribution in [-0.2, 0) is 19.7 Å². The summed E-state index contributed by atoms with van der Waals surface area (Å²) in [6, 6.07) is 17.2. The maximum Gasteiger partial charge on any atom is 0.262 e. The minimum Gasteiger partial charge on any atom is -0.508 e. The SMILES string of the molecule is CNC(=O)c1ccc2c(c1)CN(C(=O)c1c(O)cc(O)cc1OCc1ccccc1)C2. The Morgan fingerprint density at radius 2 is 1.74 bits per heavy atom. The number of fused-ring (bicyclic) bond motifs is 1. The van der Waals surface area contributed by atoms with Gasteiger partial charge in [-0.1, -0.05) is 36.4 Å². The van der Waals surface area contributed by atoms with Crippen LogP contribution in [0.15, 0.2) is 60.7 Å². The molecule has 0 saturated heterocycles. The van der Waals surface area contributed by atoms with E-state index in [1.807, 2.05) is 36.4 Å². The summed E-state index contributed by atoms with van der Waals surface area (Å²) in [4.78, 5) is 26.7. The van der Waals surface area contributed by atoms with Gasteiger partial charge in [0.2, 0.25) is 0 Å². The fourth-order valence-corrected chi connectivity index (χ4v) is 3.63. The highest BCUT2D eigenvalue weighted by Gasteiger charge is 2.29. The van der Waals surface area contributed by atoms with Gasteiger partial charge < -0.3 is 25.2 Å². The summed E-state index contributed by atoms with van der Waals surface area (Å²) >= 11 is 0. The van der Waals surface area contributed by atoms with Crippen molar-refractivity contribution in [1.82, 2.24) is 10.2 Å². The van der Waals surface area contributed by atoms with E-state index in [1.165, 1.54) is 6.07 Å². The van der Waals surface area contributed by atoms with Crippen LogP contribution < -0.4 is 10.1 Å². The Balaban J connectivity index is 1.58. The smallest absolute Gasteiger partial charge is 0.262 e.